The largest absolute Gasteiger partial charge is 0.469 e. The molecule has 2 aromatic rings. The highest BCUT2D eigenvalue weighted by Gasteiger charge is 2.21. The molecule has 3 heterocycles. The molecule has 2 N–H and O–H groups in total. The molecule has 6 nitrogen and oxygen atoms in total. The molecule has 2 aliphatic heterocycles. The Bertz CT molecular complexity index is 734. The number of nitrogens with one attached hydrogen (secondary N) is 2. The number of guanidine groups is 1. The molecule has 0 saturated carbocycles. The number of hydrogen-bond donors (Lipinski definition) is 2. The zero-order valence-corrected chi connectivity index (χ0v) is 17.1. The Morgan fingerprint density at radius 2 is 1.93 bits per heavy atom. The minimum absolute atomic E-state index is 0.449. The summed E-state index contributed by atoms with van der Waals surface area (Å²) in [4.78, 5) is 7.33. The van der Waals surface area contributed by atoms with Crippen LogP contribution in [0.5, 0.6) is 0 Å². The zero-order valence-electron chi connectivity index (χ0n) is 17.1. The lowest BCUT2D eigenvalue weighted by Gasteiger charge is -2.34. The van der Waals surface area contributed by atoms with Gasteiger partial charge in [0.05, 0.1) is 12.9 Å². The molecule has 4 rings (SSSR count). The van der Waals surface area contributed by atoms with E-state index in [4.69, 9.17) is 14.1 Å². The van der Waals surface area contributed by atoms with Crippen molar-refractivity contribution < 1.29 is 9.15 Å². The number of furan rings is 1. The van der Waals surface area contributed by atoms with Crippen LogP contribution >= 0.6 is 0 Å². The summed E-state index contributed by atoms with van der Waals surface area (Å²) in [7, 11) is 0. The highest BCUT2D eigenvalue weighted by molar-refractivity contribution is 5.80. The number of hydrogen-bond acceptors (Lipinski definition) is 4. The van der Waals surface area contributed by atoms with E-state index >= 15 is 0 Å². The molecular weight excluding hydrogens is 364 g/mol. The van der Waals surface area contributed by atoms with Gasteiger partial charge < -0.3 is 24.7 Å². The normalized spacial score (nSPS) is 20.8. The Labute approximate surface area is 173 Å². The fourth-order valence-corrected chi connectivity index (χ4v) is 3.97. The first-order chi connectivity index (χ1) is 14.4. The zero-order chi connectivity index (χ0) is 19.7. The average Bonchev–Trinajstić information content (AvgIpc) is 3.47. The van der Waals surface area contributed by atoms with E-state index in [1.54, 1.807) is 6.26 Å². The third-order valence-corrected chi connectivity index (χ3v) is 5.73. The van der Waals surface area contributed by atoms with Crippen LogP contribution in [0.3, 0.4) is 0 Å². The van der Waals surface area contributed by atoms with Crippen molar-refractivity contribution in [2.75, 3.05) is 44.3 Å². The molecule has 1 aromatic carbocycles. The van der Waals surface area contributed by atoms with Crippen molar-refractivity contribution in [2.24, 2.45) is 10.9 Å². The summed E-state index contributed by atoms with van der Waals surface area (Å²) in [5, 5.41) is 7.17. The number of rotatable bonds is 7. The van der Waals surface area contributed by atoms with Crippen molar-refractivity contribution in [3.63, 3.8) is 0 Å². The lowest BCUT2D eigenvalue weighted by atomic mass is 10.0. The first-order valence-electron chi connectivity index (χ1n) is 10.8. The van der Waals surface area contributed by atoms with E-state index in [-0.39, 0.29) is 0 Å². The van der Waals surface area contributed by atoms with Gasteiger partial charge >= 0.3 is 0 Å². The van der Waals surface area contributed by atoms with E-state index in [9.17, 15) is 0 Å². The molecule has 0 aliphatic carbocycles. The van der Waals surface area contributed by atoms with Crippen LogP contribution in [0.4, 0.5) is 5.69 Å². The molecule has 2 fully saturated rings. The van der Waals surface area contributed by atoms with Crippen LogP contribution in [-0.4, -0.2) is 51.4 Å². The maximum absolute atomic E-state index is 5.50. The third-order valence-electron chi connectivity index (χ3n) is 5.73. The second-order valence-corrected chi connectivity index (χ2v) is 7.92. The lowest BCUT2D eigenvalue weighted by molar-refractivity contribution is 0.187. The third kappa shape index (κ3) is 6.00. The molecule has 2 aliphatic rings. The number of anilines is 1. The van der Waals surface area contributed by atoms with Crippen molar-refractivity contribution in [3.8, 4) is 0 Å². The van der Waals surface area contributed by atoms with Gasteiger partial charge in [0, 0.05) is 56.9 Å². The average molecular weight is 397 g/mol. The van der Waals surface area contributed by atoms with Gasteiger partial charge in [-0.25, -0.2) is 0 Å². The molecule has 1 aromatic heterocycles. The minimum atomic E-state index is 0.449. The SMILES string of the molecule is c1ccc(N2CCC(NC(=NCC3CCOC3)NCCc3ccco3)CC2)cc1. The molecule has 156 valence electrons. The molecular formula is C23H32N4O2. The van der Waals surface area contributed by atoms with Gasteiger partial charge in [0.2, 0.25) is 0 Å². The van der Waals surface area contributed by atoms with Crippen molar-refractivity contribution >= 4 is 11.6 Å². The van der Waals surface area contributed by atoms with Gasteiger partial charge in [-0.15, -0.1) is 0 Å². The molecule has 6 heteroatoms. The first-order valence-corrected chi connectivity index (χ1v) is 10.8. The molecule has 0 spiro atoms. The summed E-state index contributed by atoms with van der Waals surface area (Å²) in [6.45, 7) is 5.46. The Hall–Kier alpha value is -2.47. The van der Waals surface area contributed by atoms with Crippen LogP contribution in [0, 0.1) is 5.92 Å². The van der Waals surface area contributed by atoms with E-state index in [1.165, 1.54) is 5.69 Å². The monoisotopic (exact) mass is 396 g/mol. The van der Waals surface area contributed by atoms with E-state index in [1.807, 2.05) is 12.1 Å². The second kappa shape index (κ2) is 10.3. The summed E-state index contributed by atoms with van der Waals surface area (Å²) in [5.74, 6) is 2.46. The van der Waals surface area contributed by atoms with Gasteiger partial charge in [-0.3, -0.25) is 4.99 Å². The van der Waals surface area contributed by atoms with E-state index in [2.05, 4.69) is 45.9 Å². The Morgan fingerprint density at radius 1 is 1.07 bits per heavy atom. The summed E-state index contributed by atoms with van der Waals surface area (Å²) >= 11 is 0. The second-order valence-electron chi connectivity index (χ2n) is 7.92. The smallest absolute Gasteiger partial charge is 0.191 e. The van der Waals surface area contributed by atoms with Crippen LogP contribution < -0.4 is 15.5 Å². The fourth-order valence-electron chi connectivity index (χ4n) is 3.97. The predicted molar refractivity (Wildman–Crippen MR) is 116 cm³/mol. The van der Waals surface area contributed by atoms with E-state index < -0.39 is 0 Å². The van der Waals surface area contributed by atoms with Crippen LogP contribution in [0.15, 0.2) is 58.1 Å². The first kappa shape index (κ1) is 19.8. The van der Waals surface area contributed by atoms with Gasteiger partial charge in [-0.1, -0.05) is 18.2 Å². The molecule has 0 radical (unpaired) electrons. The molecule has 2 saturated heterocycles. The highest BCUT2D eigenvalue weighted by atomic mass is 16.5. The maximum atomic E-state index is 5.50. The molecule has 1 atom stereocenters. The van der Waals surface area contributed by atoms with Gasteiger partial charge in [-0.2, -0.15) is 0 Å². The minimum Gasteiger partial charge on any atom is -0.469 e. The van der Waals surface area contributed by atoms with Gasteiger partial charge in [0.1, 0.15) is 5.76 Å². The quantitative estimate of drug-likeness (QED) is 0.556. The van der Waals surface area contributed by atoms with E-state index in [0.29, 0.717) is 12.0 Å². The topological polar surface area (TPSA) is 62.0 Å². The number of para-hydroxylation sites is 1. The Balaban J connectivity index is 1.28. The van der Waals surface area contributed by atoms with Crippen LogP contribution in [0.25, 0.3) is 0 Å². The highest BCUT2D eigenvalue weighted by Crippen LogP contribution is 2.19. The van der Waals surface area contributed by atoms with Gasteiger partial charge in [0.25, 0.3) is 0 Å². The van der Waals surface area contributed by atoms with Crippen LogP contribution in [-0.2, 0) is 11.2 Å². The summed E-state index contributed by atoms with van der Waals surface area (Å²) < 4.78 is 10.9. The number of ether oxygens (including phenoxy) is 1. The van der Waals surface area contributed by atoms with Crippen LogP contribution in [0.1, 0.15) is 25.0 Å². The standard InChI is InChI=1S/C23H32N4O2/c1-2-5-21(6-3-1)27-13-9-20(10-14-27)26-23(25-17-19-11-16-28-18-19)24-12-8-22-7-4-15-29-22/h1-7,15,19-20H,8-14,16-18H2,(H2,24,25,26). The molecule has 0 bridgehead atoms. The van der Waals surface area contributed by atoms with Gasteiger partial charge in [-0.05, 0) is 43.5 Å². The predicted octanol–water partition coefficient (Wildman–Crippen LogP) is 3.06. The van der Waals surface area contributed by atoms with Crippen molar-refractivity contribution in [3.05, 3.63) is 54.5 Å². The van der Waals surface area contributed by atoms with Crippen LogP contribution in [0.2, 0.25) is 0 Å². The fraction of sp³-hybridized carbons (Fsp3) is 0.522. The Morgan fingerprint density at radius 3 is 2.66 bits per heavy atom. The maximum Gasteiger partial charge on any atom is 0.191 e. The van der Waals surface area contributed by atoms with Crippen molar-refractivity contribution in [1.29, 1.82) is 0 Å². The number of aliphatic imine (C=N–C) groups is 1. The Kier molecular flexibility index (Phi) is 7.08. The molecule has 29 heavy (non-hydrogen) atoms. The molecule has 1 unspecified atom stereocenters. The van der Waals surface area contributed by atoms with Gasteiger partial charge in [0.15, 0.2) is 5.96 Å². The summed E-state index contributed by atoms with van der Waals surface area (Å²) in [5.41, 5.74) is 1.32. The number of piperidine rings is 1. The van der Waals surface area contributed by atoms with Crippen molar-refractivity contribution in [1.82, 2.24) is 10.6 Å². The summed E-state index contributed by atoms with van der Waals surface area (Å²) in [6.07, 6.45) is 5.91. The number of benzene rings is 1. The lowest BCUT2D eigenvalue weighted by Crippen LogP contribution is -2.49. The summed E-state index contributed by atoms with van der Waals surface area (Å²) in [6, 6.07) is 15.1. The number of nitrogens with zero attached hydrogens (tertiary/aromatic N) is 2. The van der Waals surface area contributed by atoms with E-state index in [0.717, 1.165) is 76.8 Å². The van der Waals surface area contributed by atoms with Crippen molar-refractivity contribution in [2.45, 2.75) is 31.7 Å². The molecule has 0 amide bonds.